The van der Waals surface area contributed by atoms with Crippen LogP contribution in [0.3, 0.4) is 0 Å². The summed E-state index contributed by atoms with van der Waals surface area (Å²) in [6.07, 6.45) is 1.45. The molecule has 1 aromatic heterocycles. The van der Waals surface area contributed by atoms with E-state index in [-0.39, 0.29) is 11.9 Å². The van der Waals surface area contributed by atoms with E-state index in [1.165, 1.54) is 6.07 Å². The van der Waals surface area contributed by atoms with E-state index in [4.69, 9.17) is 4.74 Å². The van der Waals surface area contributed by atoms with Crippen molar-refractivity contribution in [3.63, 3.8) is 0 Å². The van der Waals surface area contributed by atoms with Gasteiger partial charge in [-0.15, -0.1) is 0 Å². The van der Waals surface area contributed by atoms with Gasteiger partial charge in [0.25, 0.3) is 0 Å². The molecule has 2 heterocycles. The number of piperidine rings is 1. The first-order valence-electron chi connectivity index (χ1n) is 8.84. The van der Waals surface area contributed by atoms with Gasteiger partial charge < -0.3 is 14.6 Å². The average Bonchev–Trinajstić information content (AvgIpc) is 3.07. The minimum absolute atomic E-state index is 0.0988. The molecule has 2 aromatic carbocycles. The minimum atomic E-state index is -0.537. The topological polar surface area (TPSA) is 41.1 Å². The minimum Gasteiger partial charge on any atom is -0.362 e. The summed E-state index contributed by atoms with van der Waals surface area (Å²) in [6.45, 7) is 1.98. The molecule has 1 aliphatic rings. The van der Waals surface area contributed by atoms with Gasteiger partial charge in [-0.3, -0.25) is 0 Å². The highest BCUT2D eigenvalue weighted by atomic mass is 127. The Morgan fingerprint density at radius 1 is 1.23 bits per heavy atom. The number of H-pyrrole nitrogens is 1. The third-order valence-electron chi connectivity index (χ3n) is 4.89. The molecule has 0 saturated carbocycles. The van der Waals surface area contributed by atoms with Crippen LogP contribution < -0.4 is 0 Å². The molecule has 1 aliphatic heterocycles. The van der Waals surface area contributed by atoms with Gasteiger partial charge in [-0.1, -0.05) is 12.1 Å². The molecule has 1 fully saturated rings. The Bertz CT molecular complexity index is 872. The summed E-state index contributed by atoms with van der Waals surface area (Å²) in [6, 6.07) is 13.0. The number of imidazole rings is 1. The lowest BCUT2D eigenvalue weighted by Gasteiger charge is -2.31. The van der Waals surface area contributed by atoms with Crippen LogP contribution in [0, 0.1) is 9.39 Å². The molecule has 1 saturated heterocycles. The van der Waals surface area contributed by atoms with Crippen molar-refractivity contribution < 1.29 is 9.13 Å². The quantitative estimate of drug-likeness (QED) is 0.577. The zero-order chi connectivity index (χ0) is 18.1. The number of fused-ring (bicyclic) bond motifs is 1. The van der Waals surface area contributed by atoms with Gasteiger partial charge in [-0.05, 0) is 72.8 Å². The molecule has 0 radical (unpaired) electrons. The van der Waals surface area contributed by atoms with Crippen molar-refractivity contribution in [2.24, 2.45) is 0 Å². The van der Waals surface area contributed by atoms with E-state index in [9.17, 15) is 4.39 Å². The molecule has 0 aliphatic carbocycles. The van der Waals surface area contributed by atoms with E-state index in [1.807, 2.05) is 30.3 Å². The van der Waals surface area contributed by atoms with Gasteiger partial charge in [-0.2, -0.15) is 0 Å². The Balaban J connectivity index is 1.72. The molecule has 4 rings (SSSR count). The standard InChI is InChI=1S/C20H21FIN3O/c1-25-10-8-14(9-11-25)26-19(15-12-13(22)6-7-16(15)21)20-23-17-4-2-3-5-18(17)24-20/h2-7,12,14,19H,8-11H2,1H3,(H,23,24). The monoisotopic (exact) mass is 465 g/mol. The first-order valence-corrected chi connectivity index (χ1v) is 9.91. The van der Waals surface area contributed by atoms with Crippen LogP contribution in [0.2, 0.25) is 0 Å². The lowest BCUT2D eigenvalue weighted by Crippen LogP contribution is -2.35. The summed E-state index contributed by atoms with van der Waals surface area (Å²) in [5, 5.41) is 0. The average molecular weight is 465 g/mol. The van der Waals surface area contributed by atoms with Gasteiger partial charge in [0, 0.05) is 22.2 Å². The number of para-hydroxylation sites is 2. The summed E-state index contributed by atoms with van der Waals surface area (Å²) in [5.41, 5.74) is 2.34. The Morgan fingerprint density at radius 2 is 2.00 bits per heavy atom. The van der Waals surface area contributed by atoms with Crippen LogP contribution in [-0.4, -0.2) is 41.1 Å². The molecule has 3 aromatic rings. The number of likely N-dealkylation sites (tertiary alicyclic amines) is 1. The molecule has 0 amide bonds. The molecule has 1 unspecified atom stereocenters. The van der Waals surface area contributed by atoms with Crippen LogP contribution in [0.4, 0.5) is 4.39 Å². The zero-order valence-electron chi connectivity index (χ0n) is 14.6. The van der Waals surface area contributed by atoms with Crippen LogP contribution >= 0.6 is 22.6 Å². The third kappa shape index (κ3) is 3.77. The highest BCUT2D eigenvalue weighted by Gasteiger charge is 2.28. The molecule has 1 N–H and O–H groups in total. The zero-order valence-corrected chi connectivity index (χ0v) is 16.7. The molecule has 0 bridgehead atoms. The predicted molar refractivity (Wildman–Crippen MR) is 109 cm³/mol. The lowest BCUT2D eigenvalue weighted by atomic mass is 10.1. The largest absolute Gasteiger partial charge is 0.362 e. The SMILES string of the molecule is CN1CCC(OC(c2nc3ccccc3[nH]2)c2cc(I)ccc2F)CC1. The van der Waals surface area contributed by atoms with E-state index in [0.717, 1.165) is 40.5 Å². The van der Waals surface area contributed by atoms with Gasteiger partial charge >= 0.3 is 0 Å². The number of benzene rings is 2. The fourth-order valence-electron chi connectivity index (χ4n) is 3.41. The van der Waals surface area contributed by atoms with Crippen molar-refractivity contribution in [1.82, 2.24) is 14.9 Å². The van der Waals surface area contributed by atoms with Crippen LogP contribution in [0.1, 0.15) is 30.3 Å². The number of hydrogen-bond acceptors (Lipinski definition) is 3. The van der Waals surface area contributed by atoms with E-state index in [2.05, 4.69) is 44.5 Å². The van der Waals surface area contributed by atoms with Gasteiger partial charge in [0.05, 0.1) is 17.1 Å². The van der Waals surface area contributed by atoms with Crippen molar-refractivity contribution in [2.45, 2.75) is 25.0 Å². The second-order valence-corrected chi connectivity index (χ2v) is 8.07. The fourth-order valence-corrected chi connectivity index (χ4v) is 3.93. The van der Waals surface area contributed by atoms with Gasteiger partial charge in [-0.25, -0.2) is 9.37 Å². The Labute approximate surface area is 165 Å². The highest BCUT2D eigenvalue weighted by molar-refractivity contribution is 14.1. The maximum atomic E-state index is 14.6. The van der Waals surface area contributed by atoms with Gasteiger partial charge in [0.15, 0.2) is 0 Å². The second-order valence-electron chi connectivity index (χ2n) is 6.82. The van der Waals surface area contributed by atoms with E-state index in [0.29, 0.717) is 11.4 Å². The normalized spacial score (nSPS) is 17.7. The van der Waals surface area contributed by atoms with Crippen molar-refractivity contribution >= 4 is 33.6 Å². The summed E-state index contributed by atoms with van der Waals surface area (Å²) >= 11 is 2.20. The first kappa shape index (κ1) is 17.9. The number of hydrogen-bond donors (Lipinski definition) is 1. The fraction of sp³-hybridized carbons (Fsp3) is 0.350. The molecular formula is C20H21FIN3O. The van der Waals surface area contributed by atoms with Crippen molar-refractivity contribution in [3.05, 3.63) is 63.2 Å². The van der Waals surface area contributed by atoms with Crippen molar-refractivity contribution in [3.8, 4) is 0 Å². The summed E-state index contributed by atoms with van der Waals surface area (Å²) in [7, 11) is 2.12. The van der Waals surface area contributed by atoms with E-state index >= 15 is 0 Å². The third-order valence-corrected chi connectivity index (χ3v) is 5.56. The maximum absolute atomic E-state index is 14.6. The number of nitrogens with one attached hydrogen (secondary N) is 1. The van der Waals surface area contributed by atoms with Gasteiger partial charge in [0.1, 0.15) is 17.7 Å². The number of aromatic amines is 1. The van der Waals surface area contributed by atoms with Crippen LogP contribution in [0.25, 0.3) is 11.0 Å². The van der Waals surface area contributed by atoms with Crippen LogP contribution in [-0.2, 0) is 4.74 Å². The molecule has 26 heavy (non-hydrogen) atoms. The number of halogens is 2. The Morgan fingerprint density at radius 3 is 2.77 bits per heavy atom. The smallest absolute Gasteiger partial charge is 0.143 e. The van der Waals surface area contributed by atoms with Gasteiger partial charge in [0.2, 0.25) is 0 Å². The molecule has 6 heteroatoms. The summed E-state index contributed by atoms with van der Waals surface area (Å²) in [5.74, 6) is 0.398. The molecular weight excluding hydrogens is 444 g/mol. The number of nitrogens with zero attached hydrogens (tertiary/aromatic N) is 2. The maximum Gasteiger partial charge on any atom is 0.143 e. The second kappa shape index (κ2) is 7.62. The van der Waals surface area contributed by atoms with Crippen LogP contribution in [0.5, 0.6) is 0 Å². The van der Waals surface area contributed by atoms with Crippen LogP contribution in [0.15, 0.2) is 42.5 Å². The first-order chi connectivity index (χ1) is 12.6. The lowest BCUT2D eigenvalue weighted by molar-refractivity contribution is -0.0276. The summed E-state index contributed by atoms with van der Waals surface area (Å²) in [4.78, 5) is 10.3. The predicted octanol–water partition coefficient (Wildman–Crippen LogP) is 4.51. The Kier molecular flexibility index (Phi) is 5.24. The number of ether oxygens (including phenoxy) is 1. The Hall–Kier alpha value is -1.51. The molecule has 0 spiro atoms. The van der Waals surface area contributed by atoms with E-state index < -0.39 is 6.10 Å². The summed E-state index contributed by atoms with van der Waals surface area (Å²) < 4.78 is 22.0. The molecule has 4 nitrogen and oxygen atoms in total. The van der Waals surface area contributed by atoms with E-state index in [1.54, 1.807) is 6.07 Å². The highest BCUT2D eigenvalue weighted by Crippen LogP contribution is 2.32. The molecule has 1 atom stereocenters. The molecule has 136 valence electrons. The van der Waals surface area contributed by atoms with Crippen molar-refractivity contribution in [2.75, 3.05) is 20.1 Å². The number of rotatable bonds is 4. The number of aromatic nitrogens is 2. The van der Waals surface area contributed by atoms with Crippen molar-refractivity contribution in [1.29, 1.82) is 0 Å².